The maximum Gasteiger partial charge on any atom is 0.220 e. The van der Waals surface area contributed by atoms with Gasteiger partial charge in [-0.2, -0.15) is 0 Å². The molecule has 3 fully saturated rings. The Hall–Kier alpha value is -1.73. The molecule has 12 N–H and O–H groups in total. The van der Waals surface area contributed by atoms with Crippen molar-refractivity contribution in [3.63, 3.8) is 0 Å². The molecular formula is C80H151NO18. The molecule has 19 nitrogen and oxygen atoms in total. The van der Waals surface area contributed by atoms with Crippen molar-refractivity contribution in [2.24, 2.45) is 0 Å². The van der Waals surface area contributed by atoms with Crippen molar-refractivity contribution in [1.82, 2.24) is 5.32 Å². The number of hydrogen-bond donors (Lipinski definition) is 12. The number of nitrogens with one attached hydrogen (secondary N) is 1. The monoisotopic (exact) mass is 1410 g/mol. The predicted octanol–water partition coefficient (Wildman–Crippen LogP) is 13.7. The van der Waals surface area contributed by atoms with Gasteiger partial charge in [0.1, 0.15) is 73.2 Å². The molecule has 0 spiro atoms. The lowest BCUT2D eigenvalue weighted by atomic mass is 9.96. The van der Waals surface area contributed by atoms with Crippen LogP contribution in [0.3, 0.4) is 0 Å². The molecule has 0 aromatic heterocycles. The van der Waals surface area contributed by atoms with E-state index in [0.29, 0.717) is 12.8 Å². The van der Waals surface area contributed by atoms with Crippen LogP contribution < -0.4 is 5.32 Å². The molecule has 0 radical (unpaired) electrons. The molecule has 3 heterocycles. The fourth-order valence-corrected chi connectivity index (χ4v) is 14.2. The number of unbranched alkanes of at least 4 members (excludes halogenated alkanes) is 48. The zero-order valence-corrected chi connectivity index (χ0v) is 62.5. The van der Waals surface area contributed by atoms with Crippen LogP contribution in [-0.4, -0.2) is 193 Å². The predicted molar refractivity (Wildman–Crippen MR) is 393 cm³/mol. The van der Waals surface area contributed by atoms with Crippen LogP contribution in [0, 0.1) is 0 Å². The third-order valence-corrected chi connectivity index (χ3v) is 20.8. The van der Waals surface area contributed by atoms with E-state index in [2.05, 4.69) is 31.3 Å². The second-order valence-electron chi connectivity index (χ2n) is 29.6. The molecular weight excluding hydrogens is 1260 g/mol. The van der Waals surface area contributed by atoms with Gasteiger partial charge >= 0.3 is 0 Å². The molecule has 0 bridgehead atoms. The van der Waals surface area contributed by atoms with Gasteiger partial charge in [-0.05, 0) is 32.1 Å². The number of hydrogen-bond acceptors (Lipinski definition) is 18. The van der Waals surface area contributed by atoms with Gasteiger partial charge in [0.15, 0.2) is 18.9 Å². The summed E-state index contributed by atoms with van der Waals surface area (Å²) in [6, 6.07) is -0.988. The Morgan fingerprint density at radius 2 is 0.646 bits per heavy atom. The fraction of sp³-hybridized carbons (Fsp3) is 0.938. The van der Waals surface area contributed by atoms with Gasteiger partial charge in [-0.3, -0.25) is 4.79 Å². The zero-order chi connectivity index (χ0) is 71.8. The van der Waals surface area contributed by atoms with Crippen LogP contribution in [0.25, 0.3) is 0 Å². The van der Waals surface area contributed by atoms with Crippen LogP contribution in [-0.2, 0) is 33.2 Å². The van der Waals surface area contributed by atoms with E-state index in [1.54, 1.807) is 6.08 Å². The van der Waals surface area contributed by atoms with E-state index in [-0.39, 0.29) is 18.9 Å². The third kappa shape index (κ3) is 41.7. The van der Waals surface area contributed by atoms with Crippen molar-refractivity contribution in [1.29, 1.82) is 0 Å². The maximum atomic E-state index is 13.5. The Bertz CT molecular complexity index is 1880. The molecule has 1 amide bonds. The lowest BCUT2D eigenvalue weighted by Crippen LogP contribution is -2.66. The summed E-state index contributed by atoms with van der Waals surface area (Å²) in [4.78, 5) is 13.5. The number of amides is 1. The summed E-state index contributed by atoms with van der Waals surface area (Å²) in [5.74, 6) is -0.278. The number of allylic oxidation sites excluding steroid dienone is 3. The van der Waals surface area contributed by atoms with Gasteiger partial charge in [0.05, 0.1) is 38.6 Å². The first-order chi connectivity index (χ1) is 48.3. The van der Waals surface area contributed by atoms with Crippen LogP contribution in [0.5, 0.6) is 0 Å². The van der Waals surface area contributed by atoms with Gasteiger partial charge < -0.3 is 89.9 Å². The van der Waals surface area contributed by atoms with Crippen molar-refractivity contribution < 1.29 is 89.4 Å². The average Bonchev–Trinajstić information content (AvgIpc) is 0.784. The molecule has 3 aliphatic rings. The SMILES string of the molecule is CCCCCCCCCCCCCCCCCCCCCCCCCCCC/C=C/CC/C=C/C(O)C(COC1OC(CO)C(OC2OC(CO)C(OC3OC(CO)C(O)C(O)C3O)C(O)C2O)C(O)C1O)NC(=O)CCCCCCCCCCCCCCCCCCCCCCCC. The van der Waals surface area contributed by atoms with E-state index < -0.39 is 124 Å². The minimum absolute atomic E-state index is 0.241. The van der Waals surface area contributed by atoms with Crippen molar-refractivity contribution in [2.45, 2.75) is 452 Å². The number of carbonyl (C=O) groups is 1. The quantitative estimate of drug-likeness (QED) is 0.0199. The molecule has 3 aliphatic heterocycles. The Kier molecular flexibility index (Phi) is 56.8. The average molecular weight is 1420 g/mol. The highest BCUT2D eigenvalue weighted by Crippen LogP contribution is 2.33. The lowest BCUT2D eigenvalue weighted by molar-refractivity contribution is -0.379. The molecule has 3 saturated heterocycles. The van der Waals surface area contributed by atoms with Gasteiger partial charge in [0.2, 0.25) is 5.91 Å². The summed E-state index contributed by atoms with van der Waals surface area (Å²) in [5, 5.41) is 121. The van der Waals surface area contributed by atoms with E-state index in [1.165, 1.54) is 276 Å². The molecule has 17 atom stereocenters. The molecule has 3 rings (SSSR count). The Morgan fingerprint density at radius 3 is 1.01 bits per heavy atom. The summed E-state index contributed by atoms with van der Waals surface area (Å²) in [5.41, 5.74) is 0. The van der Waals surface area contributed by atoms with E-state index in [9.17, 15) is 61.0 Å². The standard InChI is InChI=1S/C80H151NO18/c1-3-5-7-9-11-13-15-17-19-21-23-25-27-28-29-30-31-32-33-34-35-36-37-39-41-43-45-47-49-51-53-55-57-64(85)63(81-68(86)58-56-54-52-50-48-46-44-42-40-38-26-24-22-20-18-16-14-12-10-8-6-4-2)62-94-78-74(92)71(89)76(66(60-83)96-78)99-80-75(93)72(90)77(67(61-84)97-80)98-79-73(91)70(88)69(87)65(59-82)95-79/h47,49,55,57,63-67,69-80,82-85,87-93H,3-46,48,50-54,56,58-62H2,1-2H3,(H,81,86)/b49-47+,57-55+. The minimum atomic E-state index is -1.98. The molecule has 0 aromatic carbocycles. The highest BCUT2D eigenvalue weighted by atomic mass is 16.8. The number of ether oxygens (including phenoxy) is 6. The molecule has 0 aliphatic carbocycles. The Balaban J connectivity index is 1.37. The van der Waals surface area contributed by atoms with Crippen molar-refractivity contribution >= 4 is 5.91 Å². The van der Waals surface area contributed by atoms with Crippen molar-refractivity contribution in [3.05, 3.63) is 24.3 Å². The molecule has 17 unspecified atom stereocenters. The smallest absolute Gasteiger partial charge is 0.220 e. The van der Waals surface area contributed by atoms with E-state index in [1.807, 2.05) is 6.08 Å². The summed E-state index contributed by atoms with van der Waals surface area (Å²) in [6.07, 6.45) is 47.5. The minimum Gasteiger partial charge on any atom is -0.394 e. The van der Waals surface area contributed by atoms with Crippen molar-refractivity contribution in [2.75, 3.05) is 26.4 Å². The van der Waals surface area contributed by atoms with Crippen LogP contribution in [0.2, 0.25) is 0 Å². The molecule has 99 heavy (non-hydrogen) atoms. The van der Waals surface area contributed by atoms with Crippen LogP contribution >= 0.6 is 0 Å². The van der Waals surface area contributed by atoms with Gasteiger partial charge in [-0.15, -0.1) is 0 Å². The summed E-state index contributed by atoms with van der Waals surface area (Å²) >= 11 is 0. The molecule has 584 valence electrons. The van der Waals surface area contributed by atoms with Gasteiger partial charge in [-0.25, -0.2) is 0 Å². The van der Waals surface area contributed by atoms with E-state index in [0.717, 1.165) is 38.5 Å². The van der Waals surface area contributed by atoms with E-state index >= 15 is 0 Å². The van der Waals surface area contributed by atoms with Crippen molar-refractivity contribution in [3.8, 4) is 0 Å². The highest BCUT2D eigenvalue weighted by molar-refractivity contribution is 5.76. The first-order valence-corrected chi connectivity index (χ1v) is 41.1. The first kappa shape index (κ1) is 91.5. The van der Waals surface area contributed by atoms with Gasteiger partial charge in [-0.1, -0.05) is 334 Å². The number of aliphatic hydroxyl groups excluding tert-OH is 11. The van der Waals surface area contributed by atoms with E-state index in [4.69, 9.17) is 28.4 Å². The Morgan fingerprint density at radius 1 is 0.354 bits per heavy atom. The first-order valence-electron chi connectivity index (χ1n) is 41.1. The lowest BCUT2D eigenvalue weighted by Gasteiger charge is -2.48. The fourth-order valence-electron chi connectivity index (χ4n) is 14.2. The Labute approximate surface area is 600 Å². The number of aliphatic hydroxyl groups is 11. The third-order valence-electron chi connectivity index (χ3n) is 20.8. The van der Waals surface area contributed by atoms with Crippen LogP contribution in [0.1, 0.15) is 348 Å². The molecule has 0 saturated carbocycles. The summed E-state index contributed by atoms with van der Waals surface area (Å²) in [7, 11) is 0. The topological polar surface area (TPSA) is 307 Å². The second-order valence-corrected chi connectivity index (χ2v) is 29.6. The normalized spacial score (nSPS) is 26.7. The largest absolute Gasteiger partial charge is 0.394 e. The van der Waals surface area contributed by atoms with Gasteiger partial charge in [0.25, 0.3) is 0 Å². The van der Waals surface area contributed by atoms with Gasteiger partial charge in [0, 0.05) is 6.42 Å². The second kappa shape index (κ2) is 61.4. The summed E-state index contributed by atoms with van der Waals surface area (Å²) < 4.78 is 34.4. The summed E-state index contributed by atoms with van der Waals surface area (Å²) in [6.45, 7) is 1.78. The van der Waals surface area contributed by atoms with Crippen LogP contribution in [0.4, 0.5) is 0 Å². The molecule has 0 aromatic rings. The zero-order valence-electron chi connectivity index (χ0n) is 62.5. The highest BCUT2D eigenvalue weighted by Gasteiger charge is 2.54. The number of rotatable bonds is 66. The maximum absolute atomic E-state index is 13.5. The van der Waals surface area contributed by atoms with Crippen LogP contribution in [0.15, 0.2) is 24.3 Å². The molecule has 19 heteroatoms. The number of carbonyl (C=O) groups excluding carboxylic acids is 1.